The molecule has 0 aliphatic heterocycles. The van der Waals surface area contributed by atoms with Crippen LogP contribution < -0.4 is 9.47 Å². The lowest BCUT2D eigenvalue weighted by atomic mass is 10.2. The van der Waals surface area contributed by atoms with E-state index in [0.29, 0.717) is 30.9 Å². The van der Waals surface area contributed by atoms with Crippen LogP contribution in [0.15, 0.2) is 71.3 Å². The second kappa shape index (κ2) is 10.5. The quantitative estimate of drug-likeness (QED) is 0.501. The molecule has 0 saturated heterocycles. The summed E-state index contributed by atoms with van der Waals surface area (Å²) in [6, 6.07) is 18.4. The molecule has 0 spiro atoms. The molecule has 2 aromatic carbocycles. The zero-order chi connectivity index (χ0) is 20.5. The summed E-state index contributed by atoms with van der Waals surface area (Å²) in [5.41, 5.74) is 1.66. The standard InChI is InChI=1S/C23H25NO5/c1-27-22-5-2-4-19(12-22)13-24(15-23-6-3-11-28-23)14-20(26)17-29-21-9-7-18(16-25)8-10-21/h2-12,16,20,26H,13-15,17H2,1H3. The number of carbonyl (C=O) groups is 1. The van der Waals surface area contributed by atoms with Gasteiger partial charge < -0.3 is 19.0 Å². The fourth-order valence-electron chi connectivity index (χ4n) is 3.02. The van der Waals surface area contributed by atoms with E-state index in [0.717, 1.165) is 23.4 Å². The highest BCUT2D eigenvalue weighted by Crippen LogP contribution is 2.17. The van der Waals surface area contributed by atoms with Gasteiger partial charge in [0.25, 0.3) is 0 Å². The van der Waals surface area contributed by atoms with E-state index in [4.69, 9.17) is 13.9 Å². The lowest BCUT2D eigenvalue weighted by molar-refractivity contribution is 0.0604. The van der Waals surface area contributed by atoms with E-state index in [1.165, 1.54) is 0 Å². The van der Waals surface area contributed by atoms with Crippen LogP contribution in [-0.2, 0) is 13.1 Å². The van der Waals surface area contributed by atoms with Gasteiger partial charge in [-0.05, 0) is 54.1 Å². The van der Waals surface area contributed by atoms with Crippen molar-refractivity contribution in [2.45, 2.75) is 19.2 Å². The number of aliphatic hydroxyl groups excluding tert-OH is 1. The normalized spacial score (nSPS) is 12.0. The first-order chi connectivity index (χ1) is 14.2. The number of nitrogens with zero attached hydrogens (tertiary/aromatic N) is 1. The Kier molecular flexibility index (Phi) is 7.44. The summed E-state index contributed by atoms with van der Waals surface area (Å²) in [6.07, 6.45) is 1.73. The molecule has 0 fully saturated rings. The number of methoxy groups -OCH3 is 1. The molecule has 0 aliphatic carbocycles. The predicted molar refractivity (Wildman–Crippen MR) is 109 cm³/mol. The Morgan fingerprint density at radius 2 is 1.90 bits per heavy atom. The van der Waals surface area contributed by atoms with Gasteiger partial charge in [0.2, 0.25) is 0 Å². The van der Waals surface area contributed by atoms with Crippen LogP contribution in [0.3, 0.4) is 0 Å². The van der Waals surface area contributed by atoms with Gasteiger partial charge in [-0.1, -0.05) is 12.1 Å². The summed E-state index contributed by atoms with van der Waals surface area (Å²) in [5.74, 6) is 2.23. The van der Waals surface area contributed by atoms with E-state index in [-0.39, 0.29) is 6.61 Å². The molecule has 0 amide bonds. The highest BCUT2D eigenvalue weighted by Gasteiger charge is 2.15. The van der Waals surface area contributed by atoms with Crippen molar-refractivity contribution in [3.8, 4) is 11.5 Å². The van der Waals surface area contributed by atoms with E-state index in [1.54, 1.807) is 37.6 Å². The Hall–Kier alpha value is -3.09. The van der Waals surface area contributed by atoms with E-state index in [1.807, 2.05) is 36.4 Å². The molecule has 0 bridgehead atoms. The molecule has 1 unspecified atom stereocenters. The molecular formula is C23H25NO5. The highest BCUT2D eigenvalue weighted by atomic mass is 16.5. The van der Waals surface area contributed by atoms with E-state index < -0.39 is 6.10 Å². The van der Waals surface area contributed by atoms with Gasteiger partial charge in [0, 0.05) is 18.7 Å². The van der Waals surface area contributed by atoms with E-state index in [9.17, 15) is 9.90 Å². The van der Waals surface area contributed by atoms with Gasteiger partial charge in [0.1, 0.15) is 36.3 Å². The van der Waals surface area contributed by atoms with Crippen LogP contribution in [0.4, 0.5) is 0 Å². The number of rotatable bonds is 11. The van der Waals surface area contributed by atoms with Crippen molar-refractivity contribution in [3.05, 3.63) is 83.8 Å². The van der Waals surface area contributed by atoms with Gasteiger partial charge in [0.15, 0.2) is 0 Å². The smallest absolute Gasteiger partial charge is 0.150 e. The van der Waals surface area contributed by atoms with E-state index in [2.05, 4.69) is 4.90 Å². The first kappa shape index (κ1) is 20.6. The molecule has 3 aromatic rings. The zero-order valence-corrected chi connectivity index (χ0v) is 16.4. The molecule has 1 atom stereocenters. The molecule has 6 nitrogen and oxygen atoms in total. The second-order valence-corrected chi connectivity index (χ2v) is 6.75. The first-order valence-electron chi connectivity index (χ1n) is 9.40. The lowest BCUT2D eigenvalue weighted by Crippen LogP contribution is -2.35. The number of aldehydes is 1. The fraction of sp³-hybridized carbons (Fsp3) is 0.261. The van der Waals surface area contributed by atoms with Crippen molar-refractivity contribution in [1.82, 2.24) is 4.90 Å². The third kappa shape index (κ3) is 6.48. The van der Waals surface area contributed by atoms with Crippen LogP contribution >= 0.6 is 0 Å². The molecule has 1 N–H and O–H groups in total. The Labute approximate surface area is 170 Å². The highest BCUT2D eigenvalue weighted by molar-refractivity contribution is 5.74. The van der Waals surface area contributed by atoms with Gasteiger partial charge >= 0.3 is 0 Å². The average molecular weight is 395 g/mol. The third-order valence-corrected chi connectivity index (χ3v) is 4.43. The van der Waals surface area contributed by atoms with Crippen molar-refractivity contribution >= 4 is 6.29 Å². The summed E-state index contributed by atoms with van der Waals surface area (Å²) in [6.45, 7) is 1.75. The fourth-order valence-corrected chi connectivity index (χ4v) is 3.02. The van der Waals surface area contributed by atoms with Crippen LogP contribution in [-0.4, -0.2) is 42.7 Å². The molecule has 0 saturated carbocycles. The minimum absolute atomic E-state index is 0.146. The summed E-state index contributed by atoms with van der Waals surface area (Å²) in [7, 11) is 1.64. The Morgan fingerprint density at radius 3 is 2.59 bits per heavy atom. The average Bonchev–Trinajstić information content (AvgIpc) is 3.25. The molecule has 6 heteroatoms. The van der Waals surface area contributed by atoms with Crippen LogP contribution in [0.2, 0.25) is 0 Å². The van der Waals surface area contributed by atoms with Crippen molar-refractivity contribution in [2.75, 3.05) is 20.3 Å². The number of hydrogen-bond acceptors (Lipinski definition) is 6. The number of hydrogen-bond donors (Lipinski definition) is 1. The van der Waals surface area contributed by atoms with Gasteiger partial charge in [0.05, 0.1) is 19.9 Å². The molecule has 0 radical (unpaired) electrons. The maximum Gasteiger partial charge on any atom is 0.150 e. The topological polar surface area (TPSA) is 72.1 Å². The monoisotopic (exact) mass is 395 g/mol. The van der Waals surface area contributed by atoms with Crippen LogP contribution in [0, 0.1) is 0 Å². The van der Waals surface area contributed by atoms with Crippen molar-refractivity contribution in [3.63, 3.8) is 0 Å². The summed E-state index contributed by atoms with van der Waals surface area (Å²) >= 11 is 0. The van der Waals surface area contributed by atoms with Crippen molar-refractivity contribution < 1.29 is 23.8 Å². The summed E-state index contributed by atoms with van der Waals surface area (Å²) in [5, 5.41) is 10.5. The van der Waals surface area contributed by atoms with Gasteiger partial charge in [-0.2, -0.15) is 0 Å². The van der Waals surface area contributed by atoms with Crippen LogP contribution in [0.1, 0.15) is 21.7 Å². The number of carbonyl (C=O) groups excluding carboxylic acids is 1. The maximum atomic E-state index is 10.7. The van der Waals surface area contributed by atoms with E-state index >= 15 is 0 Å². The number of furan rings is 1. The lowest BCUT2D eigenvalue weighted by Gasteiger charge is -2.24. The van der Waals surface area contributed by atoms with Gasteiger partial charge in [-0.25, -0.2) is 0 Å². The number of ether oxygens (including phenoxy) is 2. The Balaban J connectivity index is 1.60. The van der Waals surface area contributed by atoms with Crippen molar-refractivity contribution in [2.24, 2.45) is 0 Å². The predicted octanol–water partition coefficient (Wildman–Crippen LogP) is 3.54. The minimum Gasteiger partial charge on any atom is -0.497 e. The molecule has 1 heterocycles. The summed E-state index contributed by atoms with van der Waals surface area (Å²) in [4.78, 5) is 12.8. The third-order valence-electron chi connectivity index (χ3n) is 4.43. The largest absolute Gasteiger partial charge is 0.497 e. The first-order valence-corrected chi connectivity index (χ1v) is 9.40. The molecular weight excluding hydrogens is 370 g/mol. The second-order valence-electron chi connectivity index (χ2n) is 6.75. The molecule has 152 valence electrons. The van der Waals surface area contributed by atoms with Crippen LogP contribution in [0.25, 0.3) is 0 Å². The Morgan fingerprint density at radius 1 is 1.07 bits per heavy atom. The Bertz CT molecular complexity index is 877. The summed E-state index contributed by atoms with van der Waals surface area (Å²) < 4.78 is 16.4. The number of aliphatic hydroxyl groups is 1. The molecule has 0 aliphatic rings. The molecule has 29 heavy (non-hydrogen) atoms. The molecule has 1 aromatic heterocycles. The minimum atomic E-state index is -0.693. The number of benzene rings is 2. The van der Waals surface area contributed by atoms with Gasteiger partial charge in [-0.15, -0.1) is 0 Å². The van der Waals surface area contributed by atoms with Crippen molar-refractivity contribution in [1.29, 1.82) is 0 Å². The van der Waals surface area contributed by atoms with Gasteiger partial charge in [-0.3, -0.25) is 9.69 Å². The molecule has 3 rings (SSSR count). The van der Waals surface area contributed by atoms with Crippen LogP contribution in [0.5, 0.6) is 11.5 Å². The maximum absolute atomic E-state index is 10.7. The SMILES string of the molecule is COc1cccc(CN(Cc2ccco2)CC(O)COc2ccc(C=O)cc2)c1. The zero-order valence-electron chi connectivity index (χ0n) is 16.4.